The van der Waals surface area contributed by atoms with Crippen molar-refractivity contribution in [2.45, 2.75) is 6.04 Å². The monoisotopic (exact) mass is 354 g/mol. The van der Waals surface area contributed by atoms with E-state index in [1.807, 2.05) is 6.07 Å². The standard InChI is InChI=1S/C15H11ClN8O/c16-6-1-2-9(25)7(3-6)12-10-11(19)8(4-17)13(20)23-14(10)24-15(22-12)21-5-18/h1-3,12,25H,(H6,19,20,21,22,23,24). The van der Waals surface area contributed by atoms with Crippen LogP contribution in [0.15, 0.2) is 23.2 Å². The highest BCUT2D eigenvalue weighted by molar-refractivity contribution is 6.30. The number of aromatic hydroxyl groups is 1. The number of hydrogen-bond donors (Lipinski definition) is 5. The first-order chi connectivity index (χ1) is 12.0. The summed E-state index contributed by atoms with van der Waals surface area (Å²) in [5.74, 6) is 0.192. The van der Waals surface area contributed by atoms with Gasteiger partial charge in [-0.05, 0) is 18.2 Å². The molecule has 25 heavy (non-hydrogen) atoms. The van der Waals surface area contributed by atoms with E-state index in [1.165, 1.54) is 18.2 Å². The normalized spacial score (nSPS) is 15.2. The number of aromatic nitrogens is 1. The number of nitriles is 2. The molecule has 1 aliphatic rings. The largest absolute Gasteiger partial charge is 0.508 e. The maximum absolute atomic E-state index is 10.2. The van der Waals surface area contributed by atoms with Crippen molar-refractivity contribution in [3.8, 4) is 18.0 Å². The predicted molar refractivity (Wildman–Crippen MR) is 92.5 cm³/mol. The number of nitrogen functional groups attached to an aromatic ring is 2. The number of pyridine rings is 1. The highest BCUT2D eigenvalue weighted by atomic mass is 35.5. The fourth-order valence-electron chi connectivity index (χ4n) is 2.55. The van der Waals surface area contributed by atoms with Gasteiger partial charge in [0.05, 0.1) is 5.69 Å². The van der Waals surface area contributed by atoms with Gasteiger partial charge in [0.15, 0.2) is 6.19 Å². The molecule has 1 aromatic carbocycles. The van der Waals surface area contributed by atoms with Crippen molar-refractivity contribution in [3.05, 3.63) is 39.9 Å². The molecule has 1 aliphatic heterocycles. The lowest BCUT2D eigenvalue weighted by Gasteiger charge is -2.26. The van der Waals surface area contributed by atoms with Gasteiger partial charge >= 0.3 is 0 Å². The molecule has 2 heterocycles. The number of guanidine groups is 1. The molecule has 0 radical (unpaired) electrons. The molecule has 1 unspecified atom stereocenters. The molecular formula is C15H11ClN8O. The number of aliphatic imine (C=N–C) groups is 1. The van der Waals surface area contributed by atoms with Crippen LogP contribution in [-0.2, 0) is 0 Å². The second kappa shape index (κ2) is 6.07. The number of nitrogens with one attached hydrogen (secondary N) is 2. The van der Waals surface area contributed by atoms with Crippen molar-refractivity contribution in [1.29, 1.82) is 10.5 Å². The number of phenolic OH excluding ortho intramolecular Hbond substituents is 1. The lowest BCUT2D eigenvalue weighted by atomic mass is 9.94. The Labute approximate surface area is 147 Å². The van der Waals surface area contributed by atoms with Crippen LogP contribution < -0.4 is 22.1 Å². The van der Waals surface area contributed by atoms with Crippen LogP contribution in [-0.4, -0.2) is 16.1 Å². The minimum atomic E-state index is -0.842. The molecular weight excluding hydrogens is 344 g/mol. The Morgan fingerprint density at radius 3 is 2.76 bits per heavy atom. The fraction of sp³-hybridized carbons (Fsp3) is 0.0667. The van der Waals surface area contributed by atoms with E-state index in [2.05, 4.69) is 20.6 Å². The van der Waals surface area contributed by atoms with E-state index >= 15 is 0 Å². The Bertz CT molecular complexity index is 988. The first-order valence-corrected chi connectivity index (χ1v) is 7.31. The number of fused-ring (bicyclic) bond motifs is 1. The summed E-state index contributed by atoms with van der Waals surface area (Å²) in [5.41, 5.74) is 12.7. The van der Waals surface area contributed by atoms with Gasteiger partial charge < -0.3 is 21.9 Å². The Kier molecular flexibility index (Phi) is 3.93. The Morgan fingerprint density at radius 1 is 1.32 bits per heavy atom. The van der Waals surface area contributed by atoms with Crippen LogP contribution in [0.25, 0.3) is 0 Å². The van der Waals surface area contributed by atoms with Crippen molar-refractivity contribution in [2.75, 3.05) is 16.8 Å². The molecule has 9 nitrogen and oxygen atoms in total. The third-order valence-corrected chi connectivity index (χ3v) is 3.88. The SMILES string of the molecule is N#CNC1=NC(c2cc(Cl)ccc2O)c2c(nc(N)c(C#N)c2N)N1. The van der Waals surface area contributed by atoms with Crippen LogP contribution in [0.4, 0.5) is 17.3 Å². The van der Waals surface area contributed by atoms with E-state index < -0.39 is 6.04 Å². The minimum Gasteiger partial charge on any atom is -0.508 e. The molecule has 1 aromatic heterocycles. The zero-order valence-electron chi connectivity index (χ0n) is 12.6. The van der Waals surface area contributed by atoms with E-state index in [9.17, 15) is 10.4 Å². The second-order valence-electron chi connectivity index (χ2n) is 5.10. The molecule has 124 valence electrons. The average molecular weight is 355 g/mol. The van der Waals surface area contributed by atoms with Crippen molar-refractivity contribution >= 4 is 34.9 Å². The Hall–Kier alpha value is -3.69. The van der Waals surface area contributed by atoms with Crippen LogP contribution in [0.3, 0.4) is 0 Å². The van der Waals surface area contributed by atoms with Crippen LogP contribution in [0.5, 0.6) is 5.75 Å². The molecule has 0 amide bonds. The van der Waals surface area contributed by atoms with E-state index in [1.54, 1.807) is 6.19 Å². The number of anilines is 3. The molecule has 0 spiro atoms. The zero-order valence-corrected chi connectivity index (χ0v) is 13.3. The van der Waals surface area contributed by atoms with Gasteiger partial charge in [0.2, 0.25) is 5.96 Å². The van der Waals surface area contributed by atoms with Crippen LogP contribution in [0.2, 0.25) is 5.02 Å². The first kappa shape index (κ1) is 16.2. The van der Waals surface area contributed by atoms with Gasteiger partial charge in [-0.3, -0.25) is 5.32 Å². The number of benzene rings is 1. The topological polar surface area (TPSA) is 169 Å². The number of nitrogens with two attached hydrogens (primary N) is 2. The van der Waals surface area contributed by atoms with Gasteiger partial charge in [-0.15, -0.1) is 0 Å². The zero-order chi connectivity index (χ0) is 18.1. The summed E-state index contributed by atoms with van der Waals surface area (Å²) in [7, 11) is 0. The summed E-state index contributed by atoms with van der Waals surface area (Å²) in [5, 5.41) is 33.9. The maximum atomic E-state index is 10.2. The molecule has 0 saturated heterocycles. The van der Waals surface area contributed by atoms with Crippen molar-refractivity contribution < 1.29 is 5.11 Å². The molecule has 3 rings (SSSR count). The van der Waals surface area contributed by atoms with E-state index in [0.717, 1.165) is 0 Å². The molecule has 0 bridgehead atoms. The summed E-state index contributed by atoms with van der Waals surface area (Å²) >= 11 is 6.02. The van der Waals surface area contributed by atoms with Gasteiger partial charge in [0.1, 0.15) is 35.1 Å². The van der Waals surface area contributed by atoms with Crippen LogP contribution >= 0.6 is 11.6 Å². The fourth-order valence-corrected chi connectivity index (χ4v) is 2.73. The lowest BCUT2D eigenvalue weighted by Crippen LogP contribution is -2.32. The molecule has 0 saturated carbocycles. The molecule has 7 N–H and O–H groups in total. The third-order valence-electron chi connectivity index (χ3n) is 3.64. The van der Waals surface area contributed by atoms with E-state index in [4.69, 9.17) is 28.3 Å². The van der Waals surface area contributed by atoms with Crippen molar-refractivity contribution in [2.24, 2.45) is 4.99 Å². The van der Waals surface area contributed by atoms with E-state index in [0.29, 0.717) is 16.1 Å². The van der Waals surface area contributed by atoms with Gasteiger partial charge in [0.25, 0.3) is 0 Å². The third kappa shape index (κ3) is 2.69. The number of phenols is 1. The summed E-state index contributed by atoms with van der Waals surface area (Å²) in [6.45, 7) is 0. The van der Waals surface area contributed by atoms with Gasteiger partial charge in [0, 0.05) is 16.1 Å². The van der Waals surface area contributed by atoms with Gasteiger partial charge in [-0.25, -0.2) is 9.98 Å². The quantitative estimate of drug-likeness (QED) is 0.378. The summed E-state index contributed by atoms with van der Waals surface area (Å²) in [6, 6.07) is 5.52. The summed E-state index contributed by atoms with van der Waals surface area (Å²) in [6.07, 6.45) is 1.74. The average Bonchev–Trinajstić information content (AvgIpc) is 2.57. The van der Waals surface area contributed by atoms with Crippen molar-refractivity contribution in [3.63, 3.8) is 0 Å². The van der Waals surface area contributed by atoms with Crippen molar-refractivity contribution in [1.82, 2.24) is 10.3 Å². The molecule has 10 heteroatoms. The predicted octanol–water partition coefficient (Wildman–Crippen LogP) is 1.42. The molecule has 1 atom stereocenters. The lowest BCUT2D eigenvalue weighted by molar-refractivity contribution is 0.465. The minimum absolute atomic E-state index is 0.0129. The molecule has 2 aromatic rings. The van der Waals surface area contributed by atoms with E-state index in [-0.39, 0.29) is 34.6 Å². The number of hydrogen-bond acceptors (Lipinski definition) is 9. The summed E-state index contributed by atoms with van der Waals surface area (Å²) in [4.78, 5) is 8.46. The highest BCUT2D eigenvalue weighted by Crippen LogP contribution is 2.43. The smallest absolute Gasteiger partial charge is 0.211 e. The first-order valence-electron chi connectivity index (χ1n) is 6.93. The number of halogens is 1. The molecule has 0 fully saturated rings. The van der Waals surface area contributed by atoms with Gasteiger partial charge in [-0.1, -0.05) is 11.6 Å². The highest BCUT2D eigenvalue weighted by Gasteiger charge is 2.31. The maximum Gasteiger partial charge on any atom is 0.211 e. The van der Waals surface area contributed by atoms with Crippen LogP contribution in [0, 0.1) is 22.8 Å². The number of nitrogens with zero attached hydrogens (tertiary/aromatic N) is 4. The Morgan fingerprint density at radius 2 is 2.08 bits per heavy atom. The number of rotatable bonds is 1. The Balaban J connectivity index is 2.30. The van der Waals surface area contributed by atoms with Crippen LogP contribution in [0.1, 0.15) is 22.7 Å². The molecule has 0 aliphatic carbocycles. The van der Waals surface area contributed by atoms with Gasteiger partial charge in [-0.2, -0.15) is 10.5 Å². The second-order valence-corrected chi connectivity index (χ2v) is 5.54. The summed E-state index contributed by atoms with van der Waals surface area (Å²) < 4.78 is 0.